The SMILES string of the molecule is O=S(=O)(Nc1cc(F)cc(F)c1)c1ccccc1F. The van der Waals surface area contributed by atoms with Crippen molar-refractivity contribution < 1.29 is 21.6 Å². The highest BCUT2D eigenvalue weighted by atomic mass is 32.2. The van der Waals surface area contributed by atoms with Crippen molar-refractivity contribution in [2.45, 2.75) is 4.90 Å². The van der Waals surface area contributed by atoms with Gasteiger partial charge in [0.15, 0.2) is 0 Å². The molecular weight excluding hydrogens is 279 g/mol. The van der Waals surface area contributed by atoms with Gasteiger partial charge in [-0.1, -0.05) is 12.1 Å². The minimum absolute atomic E-state index is 0.319. The zero-order valence-corrected chi connectivity index (χ0v) is 10.2. The molecule has 0 radical (unpaired) electrons. The van der Waals surface area contributed by atoms with Crippen molar-refractivity contribution in [3.05, 3.63) is 59.9 Å². The topological polar surface area (TPSA) is 46.2 Å². The summed E-state index contributed by atoms with van der Waals surface area (Å²) in [4.78, 5) is -0.598. The second kappa shape index (κ2) is 4.93. The monoisotopic (exact) mass is 287 g/mol. The van der Waals surface area contributed by atoms with Crippen molar-refractivity contribution >= 4 is 15.7 Å². The Bertz CT molecular complexity index is 696. The molecule has 0 fully saturated rings. The maximum atomic E-state index is 13.4. The van der Waals surface area contributed by atoms with E-state index >= 15 is 0 Å². The van der Waals surface area contributed by atoms with E-state index in [1.54, 1.807) is 0 Å². The van der Waals surface area contributed by atoms with Crippen LogP contribution in [0, 0.1) is 17.5 Å². The van der Waals surface area contributed by atoms with Gasteiger partial charge in [-0.15, -0.1) is 0 Å². The Labute approximate surface area is 107 Å². The van der Waals surface area contributed by atoms with Gasteiger partial charge in [-0.3, -0.25) is 4.72 Å². The molecular formula is C12H8F3NO2S. The summed E-state index contributed by atoms with van der Waals surface area (Å²) < 4.78 is 64.9. The van der Waals surface area contributed by atoms with E-state index in [1.165, 1.54) is 12.1 Å². The normalized spacial score (nSPS) is 11.3. The fourth-order valence-electron chi connectivity index (χ4n) is 1.49. The van der Waals surface area contributed by atoms with Gasteiger partial charge >= 0.3 is 0 Å². The number of rotatable bonds is 3. The fraction of sp³-hybridized carbons (Fsp3) is 0. The van der Waals surface area contributed by atoms with E-state index in [0.717, 1.165) is 24.3 Å². The van der Waals surface area contributed by atoms with Gasteiger partial charge in [-0.05, 0) is 24.3 Å². The standard InChI is InChI=1S/C12H8F3NO2S/c13-8-5-9(14)7-10(6-8)16-19(17,18)12-4-2-1-3-11(12)15/h1-7,16H. The van der Waals surface area contributed by atoms with Gasteiger partial charge in [0.25, 0.3) is 10.0 Å². The smallest absolute Gasteiger partial charge is 0.264 e. The Morgan fingerprint density at radius 3 is 2.05 bits per heavy atom. The summed E-state index contributed by atoms with van der Waals surface area (Å²) in [7, 11) is -4.24. The van der Waals surface area contributed by atoms with E-state index in [-0.39, 0.29) is 5.69 Å². The summed E-state index contributed by atoms with van der Waals surface area (Å²) in [6.45, 7) is 0. The third-order valence-electron chi connectivity index (χ3n) is 2.24. The minimum atomic E-state index is -4.24. The summed E-state index contributed by atoms with van der Waals surface area (Å²) in [6, 6.07) is 6.87. The molecule has 0 aliphatic carbocycles. The van der Waals surface area contributed by atoms with Gasteiger partial charge in [0.05, 0.1) is 5.69 Å². The molecule has 0 aromatic heterocycles. The zero-order valence-electron chi connectivity index (χ0n) is 9.40. The molecule has 2 aromatic carbocycles. The molecule has 2 aromatic rings. The first kappa shape index (κ1) is 13.4. The van der Waals surface area contributed by atoms with Gasteiger partial charge in [-0.25, -0.2) is 21.6 Å². The van der Waals surface area contributed by atoms with Crippen LogP contribution in [-0.4, -0.2) is 8.42 Å². The number of hydrogen-bond acceptors (Lipinski definition) is 2. The van der Waals surface area contributed by atoms with Crippen molar-refractivity contribution in [1.82, 2.24) is 0 Å². The first-order chi connectivity index (χ1) is 8.88. The number of hydrogen-bond donors (Lipinski definition) is 1. The van der Waals surface area contributed by atoms with E-state index < -0.39 is 32.4 Å². The first-order valence-electron chi connectivity index (χ1n) is 5.12. The van der Waals surface area contributed by atoms with Gasteiger partial charge in [-0.2, -0.15) is 0 Å². The van der Waals surface area contributed by atoms with Gasteiger partial charge < -0.3 is 0 Å². The molecule has 0 unspecified atom stereocenters. The molecule has 2 rings (SSSR count). The molecule has 0 aliphatic rings. The molecule has 19 heavy (non-hydrogen) atoms. The number of benzene rings is 2. The predicted molar refractivity (Wildman–Crippen MR) is 63.6 cm³/mol. The lowest BCUT2D eigenvalue weighted by Gasteiger charge is -2.08. The van der Waals surface area contributed by atoms with E-state index in [1.807, 2.05) is 4.72 Å². The van der Waals surface area contributed by atoms with E-state index in [0.29, 0.717) is 6.07 Å². The van der Waals surface area contributed by atoms with Crippen molar-refractivity contribution in [1.29, 1.82) is 0 Å². The van der Waals surface area contributed by atoms with Crippen LogP contribution in [0.5, 0.6) is 0 Å². The lowest BCUT2D eigenvalue weighted by atomic mass is 10.3. The van der Waals surface area contributed by atoms with Crippen molar-refractivity contribution in [3.8, 4) is 0 Å². The van der Waals surface area contributed by atoms with Crippen LogP contribution in [0.4, 0.5) is 18.9 Å². The van der Waals surface area contributed by atoms with Crippen LogP contribution in [0.25, 0.3) is 0 Å². The van der Waals surface area contributed by atoms with E-state index in [4.69, 9.17) is 0 Å². The van der Waals surface area contributed by atoms with Crippen LogP contribution in [-0.2, 0) is 10.0 Å². The van der Waals surface area contributed by atoms with Crippen LogP contribution in [0.1, 0.15) is 0 Å². The Hall–Kier alpha value is -2.02. The third-order valence-corrected chi connectivity index (χ3v) is 3.66. The molecule has 0 aliphatic heterocycles. The van der Waals surface area contributed by atoms with Crippen molar-refractivity contribution in [2.75, 3.05) is 4.72 Å². The van der Waals surface area contributed by atoms with Crippen molar-refractivity contribution in [2.24, 2.45) is 0 Å². The summed E-state index contributed by atoms with van der Waals surface area (Å²) in [6.07, 6.45) is 0. The minimum Gasteiger partial charge on any atom is -0.279 e. The Morgan fingerprint density at radius 1 is 0.895 bits per heavy atom. The Balaban J connectivity index is 2.39. The van der Waals surface area contributed by atoms with Crippen molar-refractivity contribution in [3.63, 3.8) is 0 Å². The van der Waals surface area contributed by atoms with Gasteiger partial charge in [0, 0.05) is 6.07 Å². The first-order valence-corrected chi connectivity index (χ1v) is 6.60. The molecule has 0 heterocycles. The summed E-state index contributed by atoms with van der Waals surface area (Å²) in [5.74, 6) is -2.83. The maximum Gasteiger partial charge on any atom is 0.264 e. The number of halogens is 3. The van der Waals surface area contributed by atoms with Crippen LogP contribution in [0.15, 0.2) is 47.4 Å². The highest BCUT2D eigenvalue weighted by Gasteiger charge is 2.19. The molecule has 0 saturated heterocycles. The molecule has 0 saturated carbocycles. The Kier molecular flexibility index (Phi) is 3.48. The summed E-state index contributed by atoms with van der Waals surface area (Å²) in [5.41, 5.74) is -0.319. The quantitative estimate of drug-likeness (QED) is 0.943. The average Bonchev–Trinajstić information content (AvgIpc) is 2.26. The highest BCUT2D eigenvalue weighted by Crippen LogP contribution is 2.20. The second-order valence-electron chi connectivity index (χ2n) is 3.69. The summed E-state index contributed by atoms with van der Waals surface area (Å²) in [5, 5.41) is 0. The molecule has 7 heteroatoms. The molecule has 100 valence electrons. The lowest BCUT2D eigenvalue weighted by molar-refractivity contribution is 0.570. The van der Waals surface area contributed by atoms with E-state index in [9.17, 15) is 21.6 Å². The molecule has 0 atom stereocenters. The van der Waals surface area contributed by atoms with Crippen LogP contribution >= 0.6 is 0 Å². The lowest BCUT2D eigenvalue weighted by Crippen LogP contribution is -2.14. The second-order valence-corrected chi connectivity index (χ2v) is 5.34. The molecule has 3 nitrogen and oxygen atoms in total. The average molecular weight is 287 g/mol. The molecule has 0 amide bonds. The van der Waals surface area contributed by atoms with Crippen LogP contribution in [0.3, 0.4) is 0 Å². The number of sulfonamides is 1. The third kappa shape index (κ3) is 3.05. The van der Waals surface area contributed by atoms with Crippen LogP contribution in [0.2, 0.25) is 0 Å². The fourth-order valence-corrected chi connectivity index (χ4v) is 2.61. The zero-order chi connectivity index (χ0) is 14.0. The molecule has 1 N–H and O–H groups in total. The number of anilines is 1. The molecule has 0 spiro atoms. The largest absolute Gasteiger partial charge is 0.279 e. The highest BCUT2D eigenvalue weighted by molar-refractivity contribution is 7.92. The maximum absolute atomic E-state index is 13.4. The predicted octanol–water partition coefficient (Wildman–Crippen LogP) is 2.90. The Morgan fingerprint density at radius 2 is 1.47 bits per heavy atom. The van der Waals surface area contributed by atoms with Gasteiger partial charge in [0.2, 0.25) is 0 Å². The van der Waals surface area contributed by atoms with Gasteiger partial charge in [0.1, 0.15) is 22.3 Å². The number of nitrogens with one attached hydrogen (secondary N) is 1. The van der Waals surface area contributed by atoms with Crippen LogP contribution < -0.4 is 4.72 Å². The summed E-state index contributed by atoms with van der Waals surface area (Å²) >= 11 is 0. The van der Waals surface area contributed by atoms with E-state index in [2.05, 4.69) is 0 Å². The molecule has 0 bridgehead atoms.